The Morgan fingerprint density at radius 2 is 2.16 bits per heavy atom. The van der Waals surface area contributed by atoms with E-state index in [1.54, 1.807) is 0 Å². The summed E-state index contributed by atoms with van der Waals surface area (Å²) < 4.78 is 43.3. The number of alkyl halides is 3. The zero-order valence-corrected chi connectivity index (χ0v) is 9.56. The number of fused-ring (bicyclic) bond motifs is 1. The predicted molar refractivity (Wildman–Crippen MR) is 56.9 cm³/mol. The van der Waals surface area contributed by atoms with Crippen LogP contribution < -0.4 is 0 Å². The van der Waals surface area contributed by atoms with Gasteiger partial charge in [0.05, 0.1) is 18.2 Å². The van der Waals surface area contributed by atoms with Crippen molar-refractivity contribution in [3.63, 3.8) is 0 Å². The minimum atomic E-state index is -4.55. The van der Waals surface area contributed by atoms with Gasteiger partial charge in [0.25, 0.3) is 0 Å². The van der Waals surface area contributed by atoms with Crippen LogP contribution >= 0.6 is 0 Å². The molecule has 2 heterocycles. The lowest BCUT2D eigenvalue weighted by atomic mass is 10.1. The maximum atomic E-state index is 12.6. The van der Waals surface area contributed by atoms with Crippen LogP contribution in [0.15, 0.2) is 18.3 Å². The van der Waals surface area contributed by atoms with Crippen molar-refractivity contribution in [2.24, 2.45) is 0 Å². The number of methoxy groups -OCH3 is 1. The maximum absolute atomic E-state index is 12.6. The number of aromatic nitrogens is 2. The van der Waals surface area contributed by atoms with Gasteiger partial charge in [0.2, 0.25) is 0 Å². The average molecular weight is 272 g/mol. The topological polar surface area (TPSA) is 60.7 Å². The van der Waals surface area contributed by atoms with Crippen molar-refractivity contribution in [3.8, 4) is 0 Å². The molecule has 5 nitrogen and oxygen atoms in total. The minimum absolute atomic E-state index is 0.135. The van der Waals surface area contributed by atoms with E-state index in [-0.39, 0.29) is 23.1 Å². The van der Waals surface area contributed by atoms with Gasteiger partial charge in [-0.25, -0.2) is 9.31 Å². The maximum Gasteiger partial charge on any atom is 0.416 e. The molecule has 0 bridgehead atoms. The predicted octanol–water partition coefficient (Wildman–Crippen LogP) is 1.95. The van der Waals surface area contributed by atoms with Gasteiger partial charge in [-0.05, 0) is 12.1 Å². The first kappa shape index (κ1) is 13.1. The van der Waals surface area contributed by atoms with E-state index in [2.05, 4.69) is 9.84 Å². The summed E-state index contributed by atoms with van der Waals surface area (Å²) in [5.41, 5.74) is -1.64. The number of nitrogens with zero attached hydrogens (tertiary/aromatic N) is 2. The van der Waals surface area contributed by atoms with E-state index in [1.165, 1.54) is 0 Å². The standard InChI is InChI=1S/C11H7F3N2O3/c1-19-10(18)9-7(5-17)15-16-3-2-6(4-8(9)16)11(12,13)14/h2-5H,1H3. The van der Waals surface area contributed by atoms with Crippen molar-refractivity contribution < 1.29 is 27.5 Å². The van der Waals surface area contributed by atoms with E-state index in [4.69, 9.17) is 0 Å². The number of esters is 1. The zero-order valence-electron chi connectivity index (χ0n) is 9.56. The SMILES string of the molecule is COC(=O)c1c(C=O)nn2ccc(C(F)(F)F)cc12. The summed E-state index contributed by atoms with van der Waals surface area (Å²) in [6, 6.07) is 1.54. The molecule has 0 unspecified atom stereocenters. The lowest BCUT2D eigenvalue weighted by Gasteiger charge is -2.06. The van der Waals surface area contributed by atoms with E-state index in [1.807, 2.05) is 0 Å². The number of carbonyl (C=O) groups excluding carboxylic acids is 2. The molecule has 0 spiro atoms. The highest BCUT2D eigenvalue weighted by Gasteiger charge is 2.32. The van der Waals surface area contributed by atoms with Gasteiger partial charge < -0.3 is 4.74 Å². The van der Waals surface area contributed by atoms with Crippen LogP contribution in [0.25, 0.3) is 5.52 Å². The Hall–Kier alpha value is -2.38. The second kappa shape index (κ2) is 4.38. The quantitative estimate of drug-likeness (QED) is 0.619. The van der Waals surface area contributed by atoms with Gasteiger partial charge in [-0.1, -0.05) is 0 Å². The number of pyridine rings is 1. The molecule has 0 atom stereocenters. The van der Waals surface area contributed by atoms with Gasteiger partial charge in [-0.3, -0.25) is 4.79 Å². The van der Waals surface area contributed by atoms with Crippen molar-refractivity contribution in [1.82, 2.24) is 9.61 Å². The highest BCUT2D eigenvalue weighted by molar-refractivity contribution is 6.03. The van der Waals surface area contributed by atoms with Crippen molar-refractivity contribution >= 4 is 17.8 Å². The zero-order chi connectivity index (χ0) is 14.2. The van der Waals surface area contributed by atoms with E-state index >= 15 is 0 Å². The van der Waals surface area contributed by atoms with Crippen molar-refractivity contribution in [3.05, 3.63) is 35.2 Å². The number of halogens is 3. The van der Waals surface area contributed by atoms with E-state index in [0.717, 1.165) is 30.0 Å². The molecule has 0 aliphatic rings. The Bertz CT molecular complexity index is 661. The molecular formula is C11H7F3N2O3. The molecule has 0 fully saturated rings. The molecule has 0 saturated heterocycles. The Labute approximate surface area is 104 Å². The summed E-state index contributed by atoms with van der Waals surface area (Å²) in [4.78, 5) is 22.3. The Morgan fingerprint density at radius 3 is 2.68 bits per heavy atom. The average Bonchev–Trinajstić information content (AvgIpc) is 2.74. The Balaban J connectivity index is 2.76. The van der Waals surface area contributed by atoms with Crippen LogP contribution in [0.4, 0.5) is 13.2 Å². The number of ether oxygens (including phenoxy) is 1. The lowest BCUT2D eigenvalue weighted by Crippen LogP contribution is -2.07. The van der Waals surface area contributed by atoms with Crippen molar-refractivity contribution in [2.75, 3.05) is 7.11 Å². The smallest absolute Gasteiger partial charge is 0.416 e. The summed E-state index contributed by atoms with van der Waals surface area (Å²) in [6.07, 6.45) is -3.25. The third-order valence-corrected chi connectivity index (χ3v) is 2.49. The molecule has 2 aromatic heterocycles. The fourth-order valence-corrected chi connectivity index (χ4v) is 1.63. The number of aldehydes is 1. The summed E-state index contributed by atoms with van der Waals surface area (Å²) >= 11 is 0. The van der Waals surface area contributed by atoms with Crippen molar-refractivity contribution in [1.29, 1.82) is 0 Å². The van der Waals surface area contributed by atoms with Crippen LogP contribution in [0.3, 0.4) is 0 Å². The molecule has 0 amide bonds. The van der Waals surface area contributed by atoms with Crippen LogP contribution in [0.5, 0.6) is 0 Å². The lowest BCUT2D eigenvalue weighted by molar-refractivity contribution is -0.137. The third kappa shape index (κ3) is 2.16. The Morgan fingerprint density at radius 1 is 1.47 bits per heavy atom. The first-order chi connectivity index (χ1) is 8.88. The van der Waals surface area contributed by atoms with E-state index in [9.17, 15) is 22.8 Å². The molecule has 0 aromatic carbocycles. The summed E-state index contributed by atoms with van der Waals surface area (Å²) in [5, 5.41) is 3.70. The van der Waals surface area contributed by atoms with Crippen LogP contribution in [-0.4, -0.2) is 29.0 Å². The van der Waals surface area contributed by atoms with Gasteiger partial charge in [0.1, 0.15) is 11.3 Å². The molecular weight excluding hydrogens is 265 g/mol. The molecule has 8 heteroatoms. The first-order valence-corrected chi connectivity index (χ1v) is 5.01. The van der Waals surface area contributed by atoms with Gasteiger partial charge >= 0.3 is 12.1 Å². The molecule has 2 aromatic rings. The van der Waals surface area contributed by atoms with Gasteiger partial charge in [-0.15, -0.1) is 0 Å². The second-order valence-electron chi connectivity index (χ2n) is 3.61. The molecule has 0 N–H and O–H groups in total. The first-order valence-electron chi connectivity index (χ1n) is 5.01. The molecule has 19 heavy (non-hydrogen) atoms. The van der Waals surface area contributed by atoms with Gasteiger partial charge in [-0.2, -0.15) is 18.3 Å². The molecule has 100 valence electrons. The minimum Gasteiger partial charge on any atom is -0.465 e. The van der Waals surface area contributed by atoms with Crippen LogP contribution in [-0.2, 0) is 10.9 Å². The monoisotopic (exact) mass is 272 g/mol. The Kier molecular flexibility index (Phi) is 3.01. The largest absolute Gasteiger partial charge is 0.465 e. The van der Waals surface area contributed by atoms with E-state index in [0.29, 0.717) is 0 Å². The summed E-state index contributed by atoms with van der Waals surface area (Å²) in [6.45, 7) is 0. The number of carbonyl (C=O) groups is 2. The van der Waals surface area contributed by atoms with Gasteiger partial charge in [0, 0.05) is 6.20 Å². The highest BCUT2D eigenvalue weighted by Crippen LogP contribution is 2.30. The van der Waals surface area contributed by atoms with Crippen LogP contribution in [0.2, 0.25) is 0 Å². The fourth-order valence-electron chi connectivity index (χ4n) is 1.63. The normalized spacial score (nSPS) is 11.6. The summed E-state index contributed by atoms with van der Waals surface area (Å²) in [5.74, 6) is -0.920. The molecule has 2 rings (SSSR count). The number of rotatable bonds is 2. The number of hydrogen-bond donors (Lipinski definition) is 0. The van der Waals surface area contributed by atoms with E-state index < -0.39 is 17.7 Å². The van der Waals surface area contributed by atoms with Crippen LogP contribution in [0, 0.1) is 0 Å². The molecule has 0 aliphatic heterocycles. The molecule has 0 saturated carbocycles. The van der Waals surface area contributed by atoms with Crippen LogP contribution in [0.1, 0.15) is 26.4 Å². The van der Waals surface area contributed by atoms with Gasteiger partial charge in [0.15, 0.2) is 6.29 Å². The number of hydrogen-bond acceptors (Lipinski definition) is 4. The second-order valence-corrected chi connectivity index (χ2v) is 3.61. The molecule has 0 radical (unpaired) electrons. The third-order valence-electron chi connectivity index (χ3n) is 2.49. The summed E-state index contributed by atoms with van der Waals surface area (Å²) in [7, 11) is 1.06. The fraction of sp³-hybridized carbons (Fsp3) is 0.182. The van der Waals surface area contributed by atoms with Crippen molar-refractivity contribution in [2.45, 2.75) is 6.18 Å². The molecule has 0 aliphatic carbocycles. The highest BCUT2D eigenvalue weighted by atomic mass is 19.4.